The summed E-state index contributed by atoms with van der Waals surface area (Å²) < 4.78 is 33.6. The molecule has 0 aliphatic heterocycles. The zero-order chi connectivity index (χ0) is 25.9. The molecule has 6 nitrogen and oxygen atoms in total. The number of methoxy groups -OCH3 is 1. The van der Waals surface area contributed by atoms with Gasteiger partial charge in [-0.3, -0.25) is 9.10 Å². The minimum absolute atomic E-state index is 0.0931. The summed E-state index contributed by atoms with van der Waals surface area (Å²) in [5.41, 5.74) is 4.92. The summed E-state index contributed by atoms with van der Waals surface area (Å²) >= 11 is 6.30. The lowest BCUT2D eigenvalue weighted by molar-refractivity contribution is -0.120. The van der Waals surface area contributed by atoms with E-state index in [1.807, 2.05) is 19.9 Å². The van der Waals surface area contributed by atoms with Gasteiger partial charge in [-0.05, 0) is 86.6 Å². The van der Waals surface area contributed by atoms with Crippen LogP contribution in [0.2, 0.25) is 5.02 Å². The molecule has 0 heterocycles. The normalized spacial score (nSPS) is 14.0. The Balaban J connectivity index is 1.60. The average molecular weight is 527 g/mol. The standard InChI is InChI=1S/C28H31ClN2O4S/c1-19-8-13-25(14-9-19)36(33,34)31(24-12-15-27(35-3)26(29)17-24)18-28(32)30-20(2)22-11-10-21-6-4-5-7-23(21)16-22/h8-17,20H,4-7,18H2,1-3H3,(H,30,32). The van der Waals surface area contributed by atoms with Crippen molar-refractivity contribution >= 4 is 33.2 Å². The molecule has 36 heavy (non-hydrogen) atoms. The predicted molar refractivity (Wildman–Crippen MR) is 143 cm³/mol. The van der Waals surface area contributed by atoms with Crippen LogP contribution in [0.5, 0.6) is 5.75 Å². The number of hydrogen-bond acceptors (Lipinski definition) is 4. The Morgan fingerprint density at radius 3 is 2.39 bits per heavy atom. The van der Waals surface area contributed by atoms with E-state index in [1.165, 1.54) is 49.3 Å². The zero-order valence-corrected chi connectivity index (χ0v) is 22.3. The van der Waals surface area contributed by atoms with Crippen molar-refractivity contribution in [3.8, 4) is 5.75 Å². The van der Waals surface area contributed by atoms with E-state index >= 15 is 0 Å². The van der Waals surface area contributed by atoms with Gasteiger partial charge in [-0.1, -0.05) is 47.5 Å². The molecule has 1 N–H and O–H groups in total. The van der Waals surface area contributed by atoms with Gasteiger partial charge in [0, 0.05) is 0 Å². The fraction of sp³-hybridized carbons (Fsp3) is 0.321. The van der Waals surface area contributed by atoms with Crippen LogP contribution in [0.4, 0.5) is 5.69 Å². The number of nitrogens with zero attached hydrogens (tertiary/aromatic N) is 1. The second-order valence-corrected chi connectivity index (χ2v) is 11.4. The summed E-state index contributed by atoms with van der Waals surface area (Å²) in [5.74, 6) is 0.00133. The van der Waals surface area contributed by atoms with Crippen LogP contribution in [-0.2, 0) is 27.7 Å². The topological polar surface area (TPSA) is 75.7 Å². The molecule has 1 amide bonds. The Labute approximate surface area is 218 Å². The number of carbonyl (C=O) groups excluding carboxylic acids is 1. The second kappa shape index (κ2) is 10.9. The summed E-state index contributed by atoms with van der Waals surface area (Å²) in [4.78, 5) is 13.3. The Bertz CT molecular complexity index is 1360. The molecule has 3 aromatic rings. The number of fused-ring (bicyclic) bond motifs is 1. The third-order valence-electron chi connectivity index (χ3n) is 6.57. The number of sulfonamides is 1. The molecule has 0 radical (unpaired) electrons. The number of ether oxygens (including phenoxy) is 1. The lowest BCUT2D eigenvalue weighted by Gasteiger charge is -2.26. The quantitative estimate of drug-likeness (QED) is 0.414. The fourth-order valence-electron chi connectivity index (χ4n) is 4.49. The third-order valence-corrected chi connectivity index (χ3v) is 8.65. The van der Waals surface area contributed by atoms with Crippen LogP contribution in [0, 0.1) is 6.92 Å². The molecule has 0 spiro atoms. The first-order valence-electron chi connectivity index (χ1n) is 12.0. The monoisotopic (exact) mass is 526 g/mol. The summed E-state index contributed by atoms with van der Waals surface area (Å²) in [6.45, 7) is 3.40. The van der Waals surface area contributed by atoms with Crippen molar-refractivity contribution in [1.29, 1.82) is 0 Å². The SMILES string of the molecule is COc1ccc(N(CC(=O)NC(C)c2ccc3c(c2)CCCC3)S(=O)(=O)c2ccc(C)cc2)cc1Cl. The van der Waals surface area contributed by atoms with E-state index in [2.05, 4.69) is 17.4 Å². The highest BCUT2D eigenvalue weighted by molar-refractivity contribution is 7.92. The Kier molecular flexibility index (Phi) is 7.91. The minimum atomic E-state index is -4.04. The summed E-state index contributed by atoms with van der Waals surface area (Å²) in [6.07, 6.45) is 4.52. The highest BCUT2D eigenvalue weighted by Crippen LogP contribution is 2.32. The molecular formula is C28H31ClN2O4S. The van der Waals surface area contributed by atoms with Gasteiger partial charge in [0.05, 0.1) is 28.8 Å². The van der Waals surface area contributed by atoms with Gasteiger partial charge in [-0.25, -0.2) is 8.42 Å². The van der Waals surface area contributed by atoms with Crippen LogP contribution >= 0.6 is 11.6 Å². The third kappa shape index (κ3) is 5.68. The van der Waals surface area contributed by atoms with Gasteiger partial charge in [0.25, 0.3) is 10.0 Å². The van der Waals surface area contributed by atoms with E-state index in [4.69, 9.17) is 16.3 Å². The zero-order valence-electron chi connectivity index (χ0n) is 20.8. The molecular weight excluding hydrogens is 496 g/mol. The number of rotatable bonds is 8. The van der Waals surface area contributed by atoms with E-state index in [9.17, 15) is 13.2 Å². The van der Waals surface area contributed by atoms with Crippen molar-refractivity contribution in [3.05, 3.63) is 87.9 Å². The first kappa shape index (κ1) is 26.0. The largest absolute Gasteiger partial charge is 0.495 e. The highest BCUT2D eigenvalue weighted by atomic mass is 35.5. The molecule has 4 rings (SSSR count). The highest BCUT2D eigenvalue weighted by Gasteiger charge is 2.28. The van der Waals surface area contributed by atoms with Gasteiger partial charge in [0.1, 0.15) is 12.3 Å². The van der Waals surface area contributed by atoms with Crippen molar-refractivity contribution in [2.45, 2.75) is 50.5 Å². The van der Waals surface area contributed by atoms with E-state index < -0.39 is 22.5 Å². The van der Waals surface area contributed by atoms with Gasteiger partial charge in [-0.15, -0.1) is 0 Å². The van der Waals surface area contributed by atoms with E-state index in [0.29, 0.717) is 5.75 Å². The van der Waals surface area contributed by atoms with Crippen LogP contribution in [0.25, 0.3) is 0 Å². The van der Waals surface area contributed by atoms with Crippen LogP contribution in [0.1, 0.15) is 48.1 Å². The van der Waals surface area contributed by atoms with Crippen molar-refractivity contribution in [3.63, 3.8) is 0 Å². The van der Waals surface area contributed by atoms with Crippen molar-refractivity contribution < 1.29 is 17.9 Å². The van der Waals surface area contributed by atoms with Gasteiger partial charge >= 0.3 is 0 Å². The smallest absolute Gasteiger partial charge is 0.264 e. The Morgan fingerprint density at radius 1 is 1.03 bits per heavy atom. The number of halogens is 1. The van der Waals surface area contributed by atoms with Gasteiger partial charge < -0.3 is 10.1 Å². The molecule has 0 saturated heterocycles. The molecule has 8 heteroatoms. The average Bonchev–Trinajstić information content (AvgIpc) is 2.87. The molecule has 1 unspecified atom stereocenters. The summed E-state index contributed by atoms with van der Waals surface area (Å²) in [5, 5.41) is 3.22. The summed E-state index contributed by atoms with van der Waals surface area (Å²) in [7, 11) is -2.56. The van der Waals surface area contributed by atoms with Crippen LogP contribution in [0.3, 0.4) is 0 Å². The Hall–Kier alpha value is -3.03. The van der Waals surface area contributed by atoms with E-state index in [1.54, 1.807) is 24.3 Å². The molecule has 1 atom stereocenters. The van der Waals surface area contributed by atoms with Crippen LogP contribution < -0.4 is 14.4 Å². The van der Waals surface area contributed by atoms with Gasteiger partial charge in [0.2, 0.25) is 5.91 Å². The number of nitrogens with one attached hydrogen (secondary N) is 1. The molecule has 1 aliphatic rings. The molecule has 1 aliphatic carbocycles. The van der Waals surface area contributed by atoms with Crippen molar-refractivity contribution in [1.82, 2.24) is 5.32 Å². The molecule has 0 fully saturated rings. The first-order valence-corrected chi connectivity index (χ1v) is 13.8. The molecule has 0 aromatic heterocycles. The second-order valence-electron chi connectivity index (χ2n) is 9.17. The van der Waals surface area contributed by atoms with E-state index in [0.717, 1.165) is 28.3 Å². The number of amides is 1. The maximum Gasteiger partial charge on any atom is 0.264 e. The molecule has 3 aromatic carbocycles. The maximum atomic E-state index is 13.6. The number of carbonyl (C=O) groups is 1. The minimum Gasteiger partial charge on any atom is -0.495 e. The lowest BCUT2D eigenvalue weighted by Crippen LogP contribution is -2.41. The van der Waals surface area contributed by atoms with E-state index in [-0.39, 0.29) is 21.6 Å². The number of hydrogen-bond donors (Lipinski definition) is 1. The summed E-state index contributed by atoms with van der Waals surface area (Å²) in [6, 6.07) is 17.3. The Morgan fingerprint density at radius 2 is 1.72 bits per heavy atom. The van der Waals surface area contributed by atoms with Crippen molar-refractivity contribution in [2.24, 2.45) is 0 Å². The maximum absolute atomic E-state index is 13.6. The number of anilines is 1. The molecule has 0 bridgehead atoms. The first-order chi connectivity index (χ1) is 17.2. The fourth-order valence-corrected chi connectivity index (χ4v) is 6.15. The van der Waals surface area contributed by atoms with Crippen molar-refractivity contribution in [2.75, 3.05) is 18.0 Å². The lowest BCUT2D eigenvalue weighted by atomic mass is 9.89. The van der Waals surface area contributed by atoms with Crippen LogP contribution in [-0.4, -0.2) is 28.0 Å². The predicted octanol–water partition coefficient (Wildman–Crippen LogP) is 5.61. The molecule has 190 valence electrons. The van der Waals surface area contributed by atoms with Gasteiger partial charge in [-0.2, -0.15) is 0 Å². The number of aryl methyl sites for hydroxylation is 3. The van der Waals surface area contributed by atoms with Gasteiger partial charge in [0.15, 0.2) is 0 Å². The number of benzene rings is 3. The molecule has 0 saturated carbocycles. The van der Waals surface area contributed by atoms with Crippen LogP contribution in [0.15, 0.2) is 65.6 Å².